The van der Waals surface area contributed by atoms with Gasteiger partial charge in [0.1, 0.15) is 11.6 Å². The molecule has 2 rings (SSSR count). The summed E-state index contributed by atoms with van der Waals surface area (Å²) in [6.07, 6.45) is 2.17. The van der Waals surface area contributed by atoms with Crippen molar-refractivity contribution in [1.82, 2.24) is 10.2 Å². The SMILES string of the molecule is CCN(CC1CCCN1)C(=O)Cc1ccc(F)cc1F. The van der Waals surface area contributed by atoms with Gasteiger partial charge in [0.05, 0.1) is 6.42 Å². The van der Waals surface area contributed by atoms with Crippen molar-refractivity contribution in [2.75, 3.05) is 19.6 Å². The van der Waals surface area contributed by atoms with E-state index in [0.717, 1.165) is 25.5 Å². The van der Waals surface area contributed by atoms with Crippen LogP contribution in [0, 0.1) is 11.6 Å². The van der Waals surface area contributed by atoms with Gasteiger partial charge in [-0.05, 0) is 37.9 Å². The number of carbonyl (C=O) groups excluding carboxylic acids is 1. The van der Waals surface area contributed by atoms with Crippen LogP contribution in [0.4, 0.5) is 8.78 Å². The van der Waals surface area contributed by atoms with Gasteiger partial charge < -0.3 is 10.2 Å². The summed E-state index contributed by atoms with van der Waals surface area (Å²) in [6, 6.07) is 3.67. The number of benzene rings is 1. The summed E-state index contributed by atoms with van der Waals surface area (Å²) in [6.45, 7) is 4.15. The lowest BCUT2D eigenvalue weighted by Crippen LogP contribution is -2.41. The zero-order valence-corrected chi connectivity index (χ0v) is 11.7. The minimum Gasteiger partial charge on any atom is -0.341 e. The highest BCUT2D eigenvalue weighted by Crippen LogP contribution is 2.13. The molecular formula is C15H20F2N2O. The minimum atomic E-state index is -0.659. The van der Waals surface area contributed by atoms with Crippen molar-refractivity contribution in [1.29, 1.82) is 0 Å². The lowest BCUT2D eigenvalue weighted by molar-refractivity contribution is -0.130. The van der Waals surface area contributed by atoms with Gasteiger partial charge in [-0.15, -0.1) is 0 Å². The molecule has 0 aliphatic carbocycles. The highest BCUT2D eigenvalue weighted by atomic mass is 19.1. The highest BCUT2D eigenvalue weighted by molar-refractivity contribution is 5.78. The molecule has 0 bridgehead atoms. The molecule has 5 heteroatoms. The molecule has 0 radical (unpaired) electrons. The third-order valence-electron chi connectivity index (χ3n) is 3.69. The van der Waals surface area contributed by atoms with Gasteiger partial charge in [0.15, 0.2) is 0 Å². The molecule has 1 saturated heterocycles. The van der Waals surface area contributed by atoms with E-state index in [1.165, 1.54) is 12.1 Å². The first-order valence-electron chi connectivity index (χ1n) is 7.05. The maximum absolute atomic E-state index is 13.6. The summed E-state index contributed by atoms with van der Waals surface area (Å²) >= 11 is 0. The van der Waals surface area contributed by atoms with Crippen LogP contribution >= 0.6 is 0 Å². The van der Waals surface area contributed by atoms with E-state index in [2.05, 4.69) is 5.32 Å². The summed E-state index contributed by atoms with van der Waals surface area (Å²) in [5.74, 6) is -1.40. The van der Waals surface area contributed by atoms with Crippen LogP contribution in [0.1, 0.15) is 25.3 Å². The van der Waals surface area contributed by atoms with Gasteiger partial charge in [0, 0.05) is 25.2 Å². The first-order valence-corrected chi connectivity index (χ1v) is 7.05. The second kappa shape index (κ2) is 6.79. The molecule has 0 saturated carbocycles. The monoisotopic (exact) mass is 282 g/mol. The smallest absolute Gasteiger partial charge is 0.227 e. The van der Waals surface area contributed by atoms with Crippen LogP contribution in [0.5, 0.6) is 0 Å². The van der Waals surface area contributed by atoms with Crippen LogP contribution in [0.25, 0.3) is 0 Å². The number of halogens is 2. The third-order valence-corrected chi connectivity index (χ3v) is 3.69. The zero-order valence-electron chi connectivity index (χ0n) is 11.7. The number of nitrogens with one attached hydrogen (secondary N) is 1. The fourth-order valence-corrected chi connectivity index (χ4v) is 2.53. The van der Waals surface area contributed by atoms with E-state index in [1.54, 1.807) is 4.90 Å². The molecule has 3 nitrogen and oxygen atoms in total. The Morgan fingerprint density at radius 3 is 2.85 bits per heavy atom. The highest BCUT2D eigenvalue weighted by Gasteiger charge is 2.21. The quantitative estimate of drug-likeness (QED) is 0.897. The largest absolute Gasteiger partial charge is 0.341 e. The molecule has 1 fully saturated rings. The van der Waals surface area contributed by atoms with Crippen LogP contribution in [-0.4, -0.2) is 36.5 Å². The Bertz CT molecular complexity index is 473. The predicted octanol–water partition coefficient (Wildman–Crippen LogP) is 2.11. The van der Waals surface area contributed by atoms with Gasteiger partial charge >= 0.3 is 0 Å². The summed E-state index contributed by atoms with van der Waals surface area (Å²) in [5, 5.41) is 3.34. The van der Waals surface area contributed by atoms with Gasteiger partial charge in [-0.3, -0.25) is 4.79 Å². The topological polar surface area (TPSA) is 32.3 Å². The molecule has 0 spiro atoms. The van der Waals surface area contributed by atoms with Gasteiger partial charge in [0.25, 0.3) is 0 Å². The van der Waals surface area contributed by atoms with Crippen LogP contribution in [0.15, 0.2) is 18.2 Å². The number of amides is 1. The lowest BCUT2D eigenvalue weighted by Gasteiger charge is -2.24. The maximum atomic E-state index is 13.6. The maximum Gasteiger partial charge on any atom is 0.227 e. The van der Waals surface area contributed by atoms with E-state index in [9.17, 15) is 13.6 Å². The molecule has 1 aliphatic heterocycles. The number of carbonyl (C=O) groups is 1. The molecule has 1 aliphatic rings. The molecule has 1 aromatic carbocycles. The van der Waals surface area contributed by atoms with Crippen molar-refractivity contribution in [3.8, 4) is 0 Å². The molecular weight excluding hydrogens is 262 g/mol. The first kappa shape index (κ1) is 14.9. The Kier molecular flexibility index (Phi) is 5.06. The molecule has 1 aromatic rings. The third kappa shape index (κ3) is 3.76. The average Bonchev–Trinajstić information content (AvgIpc) is 2.92. The van der Waals surface area contributed by atoms with Crippen molar-refractivity contribution in [3.63, 3.8) is 0 Å². The van der Waals surface area contributed by atoms with Crippen LogP contribution in [0.3, 0.4) is 0 Å². The summed E-state index contributed by atoms with van der Waals surface area (Å²) in [5.41, 5.74) is 0.245. The summed E-state index contributed by atoms with van der Waals surface area (Å²) < 4.78 is 26.4. The molecule has 20 heavy (non-hydrogen) atoms. The standard InChI is InChI=1S/C15H20F2N2O/c1-2-19(10-13-4-3-7-18-13)15(20)8-11-5-6-12(16)9-14(11)17/h5-6,9,13,18H,2-4,7-8,10H2,1H3. The fourth-order valence-electron chi connectivity index (χ4n) is 2.53. The van der Waals surface area contributed by atoms with E-state index in [4.69, 9.17) is 0 Å². The number of nitrogens with zero attached hydrogens (tertiary/aromatic N) is 1. The van der Waals surface area contributed by atoms with Gasteiger partial charge in [-0.2, -0.15) is 0 Å². The molecule has 0 aromatic heterocycles. The molecule has 110 valence electrons. The second-order valence-electron chi connectivity index (χ2n) is 5.14. The molecule has 1 heterocycles. The lowest BCUT2D eigenvalue weighted by atomic mass is 10.1. The molecule has 1 N–H and O–H groups in total. The number of likely N-dealkylation sites (N-methyl/N-ethyl adjacent to an activating group) is 1. The second-order valence-corrected chi connectivity index (χ2v) is 5.14. The minimum absolute atomic E-state index is 0.0212. The Balaban J connectivity index is 1.97. The summed E-state index contributed by atoms with van der Waals surface area (Å²) in [4.78, 5) is 13.9. The van der Waals surface area contributed by atoms with E-state index in [0.29, 0.717) is 19.1 Å². The number of rotatable bonds is 5. The zero-order chi connectivity index (χ0) is 14.5. The van der Waals surface area contributed by atoms with E-state index in [1.807, 2.05) is 6.92 Å². The van der Waals surface area contributed by atoms with E-state index < -0.39 is 11.6 Å². The van der Waals surface area contributed by atoms with Crippen molar-refractivity contribution < 1.29 is 13.6 Å². The van der Waals surface area contributed by atoms with Gasteiger partial charge in [0.2, 0.25) is 5.91 Å². The predicted molar refractivity (Wildman–Crippen MR) is 73.3 cm³/mol. The van der Waals surface area contributed by atoms with E-state index >= 15 is 0 Å². The van der Waals surface area contributed by atoms with Gasteiger partial charge in [-0.1, -0.05) is 6.07 Å². The Morgan fingerprint density at radius 1 is 1.45 bits per heavy atom. The average molecular weight is 282 g/mol. The fraction of sp³-hybridized carbons (Fsp3) is 0.533. The van der Waals surface area contributed by atoms with Crippen LogP contribution in [-0.2, 0) is 11.2 Å². The Labute approximate surface area is 118 Å². The van der Waals surface area contributed by atoms with Crippen molar-refractivity contribution in [2.24, 2.45) is 0 Å². The van der Waals surface area contributed by atoms with Crippen molar-refractivity contribution >= 4 is 5.91 Å². The number of hydrogen-bond acceptors (Lipinski definition) is 2. The first-order chi connectivity index (χ1) is 9.60. The molecule has 1 unspecified atom stereocenters. The van der Waals surface area contributed by atoms with Crippen molar-refractivity contribution in [3.05, 3.63) is 35.4 Å². The van der Waals surface area contributed by atoms with Crippen molar-refractivity contribution in [2.45, 2.75) is 32.2 Å². The molecule has 1 atom stereocenters. The Morgan fingerprint density at radius 2 is 2.25 bits per heavy atom. The van der Waals surface area contributed by atoms with Crippen LogP contribution < -0.4 is 5.32 Å². The molecule has 1 amide bonds. The normalized spacial score (nSPS) is 18.2. The Hall–Kier alpha value is -1.49. The van der Waals surface area contributed by atoms with Gasteiger partial charge in [-0.25, -0.2) is 8.78 Å². The summed E-state index contributed by atoms with van der Waals surface area (Å²) in [7, 11) is 0. The van der Waals surface area contributed by atoms with Crippen LogP contribution in [0.2, 0.25) is 0 Å². The van der Waals surface area contributed by atoms with E-state index in [-0.39, 0.29) is 17.9 Å². The number of hydrogen-bond donors (Lipinski definition) is 1.